The van der Waals surface area contributed by atoms with Gasteiger partial charge in [-0.2, -0.15) is 15.4 Å². The van der Waals surface area contributed by atoms with E-state index in [9.17, 15) is 4.79 Å². The first-order chi connectivity index (χ1) is 11.1. The van der Waals surface area contributed by atoms with E-state index in [1.807, 2.05) is 0 Å². The molecule has 0 aliphatic carbocycles. The van der Waals surface area contributed by atoms with Crippen molar-refractivity contribution >= 4 is 5.91 Å². The zero-order chi connectivity index (χ0) is 16.8. The minimum Gasteiger partial charge on any atom is -0.493 e. The average Bonchev–Trinajstić information content (AvgIpc) is 3.03. The molecule has 1 aromatic carbocycles. The number of benzene rings is 1. The van der Waals surface area contributed by atoms with Crippen molar-refractivity contribution in [1.82, 2.24) is 15.4 Å². The number of H-pyrrole nitrogens is 1. The number of aromatic amines is 1. The highest BCUT2D eigenvalue weighted by molar-refractivity contribution is 5.96. The quantitative estimate of drug-likeness (QED) is 0.593. The number of hydrogen-bond acceptors (Lipinski definition) is 5. The maximum atomic E-state index is 11.4. The van der Waals surface area contributed by atoms with Gasteiger partial charge in [-0.1, -0.05) is 12.0 Å². The second-order valence-electron chi connectivity index (χ2n) is 4.54. The maximum absolute atomic E-state index is 11.4. The Labute approximate surface area is 133 Å². The molecule has 0 bridgehead atoms. The molecule has 0 fully saturated rings. The summed E-state index contributed by atoms with van der Waals surface area (Å²) in [6, 6.07) is 3.49. The topological polar surface area (TPSA) is 103 Å². The molecule has 2 aromatic rings. The van der Waals surface area contributed by atoms with Crippen LogP contribution in [0, 0.1) is 12.3 Å². The number of methoxy groups -OCH3 is 1. The molecule has 7 nitrogen and oxygen atoms in total. The van der Waals surface area contributed by atoms with Gasteiger partial charge in [0.1, 0.15) is 12.3 Å². The number of amides is 1. The first-order valence-corrected chi connectivity index (χ1v) is 6.71. The Morgan fingerprint density at radius 2 is 2.30 bits per heavy atom. The normalized spacial score (nSPS) is 9.91. The number of ether oxygens (including phenoxy) is 2. The minimum absolute atomic E-state index is 0.0499. The van der Waals surface area contributed by atoms with Gasteiger partial charge in [-0.15, -0.1) is 13.0 Å². The van der Waals surface area contributed by atoms with E-state index in [0.29, 0.717) is 29.2 Å². The summed E-state index contributed by atoms with van der Waals surface area (Å²) in [7, 11) is 1.51. The van der Waals surface area contributed by atoms with Gasteiger partial charge >= 0.3 is 0 Å². The van der Waals surface area contributed by atoms with Crippen molar-refractivity contribution < 1.29 is 14.3 Å². The number of primary amides is 1. The average molecular weight is 312 g/mol. The zero-order valence-corrected chi connectivity index (χ0v) is 12.6. The van der Waals surface area contributed by atoms with Crippen molar-refractivity contribution in [1.29, 1.82) is 0 Å². The first kappa shape index (κ1) is 16.1. The lowest BCUT2D eigenvalue weighted by molar-refractivity contribution is 0.0996. The summed E-state index contributed by atoms with van der Waals surface area (Å²) in [6.45, 7) is 3.83. The molecule has 1 aromatic heterocycles. The Bertz CT molecular complexity index is 774. The number of terminal acetylenes is 1. The molecule has 0 aliphatic rings. The number of nitrogens with one attached hydrogen (secondary N) is 1. The van der Waals surface area contributed by atoms with E-state index in [1.165, 1.54) is 7.11 Å². The van der Waals surface area contributed by atoms with Crippen LogP contribution in [0.3, 0.4) is 0 Å². The second-order valence-corrected chi connectivity index (χ2v) is 4.54. The third-order valence-corrected chi connectivity index (χ3v) is 3.07. The SMILES string of the molecule is C#CCOc1c(CC=C)cc(-c2n[nH]nc2C(N)=O)cc1OC. The van der Waals surface area contributed by atoms with Crippen molar-refractivity contribution in [3.8, 4) is 35.1 Å². The molecule has 1 heterocycles. The highest BCUT2D eigenvalue weighted by atomic mass is 16.5. The minimum atomic E-state index is -0.675. The van der Waals surface area contributed by atoms with Gasteiger partial charge < -0.3 is 15.2 Å². The molecule has 0 aliphatic heterocycles. The number of aromatic nitrogens is 3. The van der Waals surface area contributed by atoms with Gasteiger partial charge in [-0.3, -0.25) is 4.79 Å². The molecule has 0 unspecified atom stereocenters. The fourth-order valence-electron chi connectivity index (χ4n) is 2.14. The molecule has 23 heavy (non-hydrogen) atoms. The largest absolute Gasteiger partial charge is 0.493 e. The van der Waals surface area contributed by atoms with E-state index in [-0.39, 0.29) is 12.3 Å². The number of carbonyl (C=O) groups excluding carboxylic acids is 1. The number of nitrogens with two attached hydrogens (primary N) is 1. The molecular formula is C16H16N4O3. The van der Waals surface area contributed by atoms with Crippen molar-refractivity contribution in [3.05, 3.63) is 36.0 Å². The van der Waals surface area contributed by atoms with Crippen LogP contribution in [0.4, 0.5) is 0 Å². The van der Waals surface area contributed by atoms with Crippen LogP contribution >= 0.6 is 0 Å². The fourth-order valence-corrected chi connectivity index (χ4v) is 2.14. The van der Waals surface area contributed by atoms with E-state index in [0.717, 1.165) is 5.56 Å². The summed E-state index contributed by atoms with van der Waals surface area (Å²) in [5.41, 5.74) is 7.11. The molecule has 0 spiro atoms. The van der Waals surface area contributed by atoms with E-state index >= 15 is 0 Å². The summed E-state index contributed by atoms with van der Waals surface area (Å²) in [4.78, 5) is 11.4. The summed E-state index contributed by atoms with van der Waals surface area (Å²) in [6.07, 6.45) is 7.49. The number of allylic oxidation sites excluding steroid dienone is 1. The van der Waals surface area contributed by atoms with Gasteiger partial charge in [-0.05, 0) is 18.6 Å². The Morgan fingerprint density at radius 1 is 1.52 bits per heavy atom. The second kappa shape index (κ2) is 7.13. The summed E-state index contributed by atoms with van der Waals surface area (Å²) >= 11 is 0. The fraction of sp³-hybridized carbons (Fsp3) is 0.188. The van der Waals surface area contributed by atoms with E-state index in [4.69, 9.17) is 21.6 Å². The van der Waals surface area contributed by atoms with Crippen LogP contribution in [0.15, 0.2) is 24.8 Å². The molecule has 2 rings (SSSR count). The molecular weight excluding hydrogens is 296 g/mol. The smallest absolute Gasteiger partial charge is 0.271 e. The Kier molecular flexibility index (Phi) is 5.00. The van der Waals surface area contributed by atoms with E-state index in [2.05, 4.69) is 27.9 Å². The van der Waals surface area contributed by atoms with Gasteiger partial charge in [0.25, 0.3) is 5.91 Å². The molecule has 7 heteroatoms. The Morgan fingerprint density at radius 3 is 2.91 bits per heavy atom. The molecule has 0 atom stereocenters. The number of hydrogen-bond donors (Lipinski definition) is 2. The summed E-state index contributed by atoms with van der Waals surface area (Å²) < 4.78 is 10.9. The molecule has 118 valence electrons. The van der Waals surface area contributed by atoms with Crippen molar-refractivity contribution in [2.75, 3.05) is 13.7 Å². The van der Waals surface area contributed by atoms with Gasteiger partial charge in [-0.25, -0.2) is 0 Å². The van der Waals surface area contributed by atoms with Crippen molar-refractivity contribution in [2.24, 2.45) is 5.73 Å². The van der Waals surface area contributed by atoms with Crippen LogP contribution in [-0.4, -0.2) is 35.0 Å². The molecule has 0 saturated carbocycles. The van der Waals surface area contributed by atoms with E-state index < -0.39 is 5.91 Å². The predicted molar refractivity (Wildman–Crippen MR) is 85.1 cm³/mol. The lowest BCUT2D eigenvalue weighted by atomic mass is 10.0. The first-order valence-electron chi connectivity index (χ1n) is 6.71. The van der Waals surface area contributed by atoms with Crippen LogP contribution in [0.5, 0.6) is 11.5 Å². The van der Waals surface area contributed by atoms with Crippen molar-refractivity contribution in [3.63, 3.8) is 0 Å². The van der Waals surface area contributed by atoms with Gasteiger partial charge in [0.05, 0.1) is 7.11 Å². The monoisotopic (exact) mass is 312 g/mol. The number of rotatable bonds is 7. The zero-order valence-electron chi connectivity index (χ0n) is 12.6. The van der Waals surface area contributed by atoms with Crippen LogP contribution in [0.25, 0.3) is 11.3 Å². The highest BCUT2D eigenvalue weighted by Crippen LogP contribution is 2.37. The van der Waals surface area contributed by atoms with Gasteiger partial charge in [0, 0.05) is 11.1 Å². The molecule has 3 N–H and O–H groups in total. The standard InChI is InChI=1S/C16H16N4O3/c1-4-6-10-8-11(13-14(16(17)21)19-20-18-13)9-12(22-3)15(10)23-7-5-2/h2,4,8-9H,1,6-7H2,3H3,(H2,17,21)(H,18,19,20). The van der Waals surface area contributed by atoms with Crippen LogP contribution in [0.1, 0.15) is 16.1 Å². The lowest BCUT2D eigenvalue weighted by Crippen LogP contribution is -2.13. The predicted octanol–water partition coefficient (Wildman–Crippen LogP) is 1.32. The Balaban J connectivity index is 2.60. The van der Waals surface area contributed by atoms with Crippen LogP contribution in [-0.2, 0) is 6.42 Å². The molecule has 1 amide bonds. The van der Waals surface area contributed by atoms with Gasteiger partial charge in [0.2, 0.25) is 0 Å². The third kappa shape index (κ3) is 3.32. The van der Waals surface area contributed by atoms with Crippen LogP contribution < -0.4 is 15.2 Å². The van der Waals surface area contributed by atoms with Crippen LogP contribution in [0.2, 0.25) is 0 Å². The highest BCUT2D eigenvalue weighted by Gasteiger charge is 2.19. The third-order valence-electron chi connectivity index (χ3n) is 3.07. The van der Waals surface area contributed by atoms with E-state index in [1.54, 1.807) is 18.2 Å². The molecule has 0 saturated heterocycles. The number of carbonyl (C=O) groups is 1. The lowest BCUT2D eigenvalue weighted by Gasteiger charge is -2.15. The number of nitrogens with zero attached hydrogens (tertiary/aromatic N) is 2. The molecule has 0 radical (unpaired) electrons. The maximum Gasteiger partial charge on any atom is 0.271 e. The summed E-state index contributed by atoms with van der Waals surface area (Å²) in [5, 5.41) is 10.1. The van der Waals surface area contributed by atoms with Crippen molar-refractivity contribution in [2.45, 2.75) is 6.42 Å². The van der Waals surface area contributed by atoms with Gasteiger partial charge in [0.15, 0.2) is 17.2 Å². The summed E-state index contributed by atoms with van der Waals surface area (Å²) in [5.74, 6) is 2.73. The Hall–Kier alpha value is -3.27.